The molecule has 0 bridgehead atoms. The van der Waals surface area contributed by atoms with Crippen LogP contribution in [0.3, 0.4) is 0 Å². The topological polar surface area (TPSA) is 42.0 Å². The summed E-state index contributed by atoms with van der Waals surface area (Å²) < 4.78 is 0. The predicted molar refractivity (Wildman–Crippen MR) is 79.6 cm³/mol. The van der Waals surface area contributed by atoms with Gasteiger partial charge in [0.25, 0.3) is 0 Å². The second-order valence-corrected chi connectivity index (χ2v) is 7.35. The largest absolute Gasteiger partial charge is 0.302 e. The average molecular weight is 284 g/mol. The minimum absolute atomic E-state index is 0.0301. The highest BCUT2D eigenvalue weighted by molar-refractivity contribution is 7.80. The molecule has 1 N–H and O–H groups in total. The molecular formula is C13H20N2OS2. The van der Waals surface area contributed by atoms with Crippen LogP contribution in [0.2, 0.25) is 0 Å². The second kappa shape index (κ2) is 4.85. The summed E-state index contributed by atoms with van der Waals surface area (Å²) in [5.41, 5.74) is 1.22. The molecule has 0 unspecified atom stereocenters. The molecule has 1 aliphatic rings. The molecule has 2 rings (SSSR count). The summed E-state index contributed by atoms with van der Waals surface area (Å²) >= 11 is 5.81. The third-order valence-electron chi connectivity index (χ3n) is 3.35. The Morgan fingerprint density at radius 3 is 2.67 bits per heavy atom. The maximum atomic E-state index is 11.9. The zero-order chi connectivity index (χ0) is 13.4. The first-order valence-corrected chi connectivity index (χ1v) is 7.73. The maximum absolute atomic E-state index is 11.9. The highest BCUT2D eigenvalue weighted by Gasteiger charge is 2.42. The van der Waals surface area contributed by atoms with Crippen LogP contribution in [0, 0.1) is 5.41 Å². The number of amides is 1. The number of thiol groups is 1. The van der Waals surface area contributed by atoms with Crippen LogP contribution in [0.15, 0.2) is 5.38 Å². The highest BCUT2D eigenvalue weighted by atomic mass is 32.1. The van der Waals surface area contributed by atoms with Crippen LogP contribution < -0.4 is 5.32 Å². The molecule has 1 aliphatic carbocycles. The normalized spacial score (nSPS) is 17.6. The molecule has 0 radical (unpaired) electrons. The number of carbonyl (C=O) groups excluding carboxylic acids is 1. The lowest BCUT2D eigenvalue weighted by atomic mass is 9.93. The van der Waals surface area contributed by atoms with Crippen molar-refractivity contribution in [1.29, 1.82) is 0 Å². The number of hydrogen-bond acceptors (Lipinski definition) is 4. The summed E-state index contributed by atoms with van der Waals surface area (Å²) in [6.45, 7) is 6.36. The lowest BCUT2D eigenvalue weighted by Gasteiger charge is -2.14. The molecule has 0 spiro atoms. The fraction of sp³-hybridized carbons (Fsp3) is 0.692. The zero-order valence-corrected chi connectivity index (χ0v) is 12.8. The predicted octanol–water partition coefficient (Wildman–Crippen LogP) is 3.48. The average Bonchev–Trinajstić information content (AvgIpc) is 2.85. The monoisotopic (exact) mass is 284 g/mol. The maximum Gasteiger partial charge on any atom is 0.226 e. The standard InChI is InChI=1S/C13H20N2OS2/c1-12(2,3)9-7-18-11(14-9)15-10(16)6-13(8-17)4-5-13/h7,17H,4-6,8H2,1-3H3,(H,14,15,16). The van der Waals surface area contributed by atoms with E-state index >= 15 is 0 Å². The fourth-order valence-corrected chi connectivity index (χ4v) is 3.13. The van der Waals surface area contributed by atoms with Crippen molar-refractivity contribution < 1.29 is 4.79 Å². The molecule has 100 valence electrons. The summed E-state index contributed by atoms with van der Waals surface area (Å²) in [6, 6.07) is 0. The van der Waals surface area contributed by atoms with Crippen molar-refractivity contribution >= 4 is 35.0 Å². The Labute approximate surface area is 118 Å². The molecule has 1 aromatic heterocycles. The molecule has 0 aliphatic heterocycles. The van der Waals surface area contributed by atoms with Crippen molar-refractivity contribution in [3.63, 3.8) is 0 Å². The van der Waals surface area contributed by atoms with Gasteiger partial charge in [0.2, 0.25) is 5.91 Å². The molecule has 0 saturated heterocycles. The van der Waals surface area contributed by atoms with Gasteiger partial charge in [0.05, 0.1) is 5.69 Å². The van der Waals surface area contributed by atoms with E-state index in [0.717, 1.165) is 24.3 Å². The van der Waals surface area contributed by atoms with Crippen molar-refractivity contribution in [2.75, 3.05) is 11.1 Å². The quantitative estimate of drug-likeness (QED) is 0.831. The van der Waals surface area contributed by atoms with Crippen molar-refractivity contribution in [3.05, 3.63) is 11.1 Å². The fourth-order valence-electron chi connectivity index (χ4n) is 1.75. The van der Waals surface area contributed by atoms with Gasteiger partial charge in [0.1, 0.15) is 0 Å². The van der Waals surface area contributed by atoms with Crippen LogP contribution in [0.4, 0.5) is 5.13 Å². The SMILES string of the molecule is CC(C)(C)c1csc(NC(=O)CC2(CS)CC2)n1. The van der Waals surface area contributed by atoms with Gasteiger partial charge in [-0.25, -0.2) is 4.98 Å². The van der Waals surface area contributed by atoms with Gasteiger partial charge in [-0.15, -0.1) is 11.3 Å². The van der Waals surface area contributed by atoms with E-state index in [1.165, 1.54) is 11.3 Å². The van der Waals surface area contributed by atoms with E-state index in [9.17, 15) is 4.79 Å². The number of thiazole rings is 1. The minimum Gasteiger partial charge on any atom is -0.302 e. The van der Waals surface area contributed by atoms with Crippen molar-refractivity contribution in [3.8, 4) is 0 Å². The van der Waals surface area contributed by atoms with Gasteiger partial charge in [-0.05, 0) is 24.0 Å². The van der Waals surface area contributed by atoms with Gasteiger partial charge in [-0.3, -0.25) is 4.79 Å². The Morgan fingerprint density at radius 1 is 1.56 bits per heavy atom. The smallest absolute Gasteiger partial charge is 0.226 e. The first-order chi connectivity index (χ1) is 8.35. The van der Waals surface area contributed by atoms with Gasteiger partial charge in [-0.1, -0.05) is 20.8 Å². The Kier molecular flexibility index (Phi) is 3.74. The summed E-state index contributed by atoms with van der Waals surface area (Å²) in [5.74, 6) is 0.863. The van der Waals surface area contributed by atoms with Gasteiger partial charge >= 0.3 is 0 Å². The molecule has 1 aromatic rings. The molecule has 0 atom stereocenters. The van der Waals surface area contributed by atoms with E-state index in [1.807, 2.05) is 5.38 Å². The molecule has 1 heterocycles. The second-order valence-electron chi connectivity index (χ2n) is 6.17. The van der Waals surface area contributed by atoms with Gasteiger partial charge < -0.3 is 5.32 Å². The van der Waals surface area contributed by atoms with Crippen LogP contribution >= 0.6 is 24.0 Å². The third kappa shape index (κ3) is 3.26. The lowest BCUT2D eigenvalue weighted by Crippen LogP contribution is -2.18. The van der Waals surface area contributed by atoms with Crippen LogP contribution in [0.25, 0.3) is 0 Å². The van der Waals surface area contributed by atoms with E-state index in [4.69, 9.17) is 0 Å². The van der Waals surface area contributed by atoms with E-state index in [1.54, 1.807) is 0 Å². The summed E-state index contributed by atoms with van der Waals surface area (Å²) in [7, 11) is 0. The molecule has 3 nitrogen and oxygen atoms in total. The Hall–Kier alpha value is -0.550. The Morgan fingerprint density at radius 2 is 2.22 bits per heavy atom. The third-order valence-corrected chi connectivity index (χ3v) is 4.78. The molecule has 0 aromatic carbocycles. The Bertz CT molecular complexity index is 444. The molecule has 18 heavy (non-hydrogen) atoms. The molecular weight excluding hydrogens is 264 g/mol. The number of rotatable bonds is 4. The lowest BCUT2D eigenvalue weighted by molar-refractivity contribution is -0.117. The van der Waals surface area contributed by atoms with E-state index in [0.29, 0.717) is 11.6 Å². The highest BCUT2D eigenvalue weighted by Crippen LogP contribution is 2.49. The summed E-state index contributed by atoms with van der Waals surface area (Å²) in [5, 5.41) is 5.62. The van der Waals surface area contributed by atoms with Crippen LogP contribution in [0.5, 0.6) is 0 Å². The minimum atomic E-state index is 0.0301. The number of aromatic nitrogens is 1. The first kappa shape index (κ1) is 13.9. The van der Waals surface area contributed by atoms with Crippen molar-refractivity contribution in [2.24, 2.45) is 5.41 Å². The van der Waals surface area contributed by atoms with E-state index in [-0.39, 0.29) is 16.7 Å². The molecule has 1 amide bonds. The number of hydrogen-bond donors (Lipinski definition) is 2. The first-order valence-electron chi connectivity index (χ1n) is 6.21. The van der Waals surface area contributed by atoms with Crippen molar-refractivity contribution in [1.82, 2.24) is 4.98 Å². The van der Waals surface area contributed by atoms with Crippen LogP contribution in [0.1, 0.15) is 45.7 Å². The number of nitrogens with zero attached hydrogens (tertiary/aromatic N) is 1. The van der Waals surface area contributed by atoms with Gasteiger partial charge in [0.15, 0.2) is 5.13 Å². The number of carbonyl (C=O) groups is 1. The Balaban J connectivity index is 1.93. The van der Waals surface area contributed by atoms with E-state index in [2.05, 4.69) is 43.7 Å². The van der Waals surface area contributed by atoms with Crippen molar-refractivity contribution in [2.45, 2.75) is 45.4 Å². The summed E-state index contributed by atoms with van der Waals surface area (Å²) in [6.07, 6.45) is 2.81. The molecule has 1 saturated carbocycles. The number of anilines is 1. The van der Waals surface area contributed by atoms with E-state index < -0.39 is 0 Å². The van der Waals surface area contributed by atoms with Gasteiger partial charge in [0, 0.05) is 17.2 Å². The zero-order valence-electron chi connectivity index (χ0n) is 11.1. The molecule has 1 fully saturated rings. The summed E-state index contributed by atoms with van der Waals surface area (Å²) in [4.78, 5) is 16.4. The van der Waals surface area contributed by atoms with Gasteiger partial charge in [-0.2, -0.15) is 12.6 Å². The molecule has 5 heteroatoms. The van der Waals surface area contributed by atoms with Crippen LogP contribution in [-0.2, 0) is 10.2 Å². The van der Waals surface area contributed by atoms with Crippen LogP contribution in [-0.4, -0.2) is 16.6 Å². The number of nitrogens with one attached hydrogen (secondary N) is 1.